The highest BCUT2D eigenvalue weighted by Gasteiger charge is 2.16. The van der Waals surface area contributed by atoms with E-state index >= 15 is 0 Å². The number of rotatable bonds is 3. The van der Waals surface area contributed by atoms with E-state index in [0.29, 0.717) is 17.1 Å². The molecule has 4 nitrogen and oxygen atoms in total. The van der Waals surface area contributed by atoms with Gasteiger partial charge in [-0.05, 0) is 58.3 Å². The van der Waals surface area contributed by atoms with Gasteiger partial charge in [-0.1, -0.05) is 54.6 Å². The van der Waals surface area contributed by atoms with E-state index in [1.54, 1.807) is 0 Å². The van der Waals surface area contributed by atoms with Crippen LogP contribution in [0.3, 0.4) is 0 Å². The third kappa shape index (κ3) is 3.27. The summed E-state index contributed by atoms with van der Waals surface area (Å²) in [6.07, 6.45) is 0. The SMILES string of the molecule is O=C(Nc1ccccc1-c1nc2c(ccc3ccccc32)o1)c1ccccc1I. The summed E-state index contributed by atoms with van der Waals surface area (Å²) in [6.45, 7) is 0. The van der Waals surface area contributed by atoms with Gasteiger partial charge in [0.2, 0.25) is 5.89 Å². The lowest BCUT2D eigenvalue weighted by Crippen LogP contribution is -2.14. The first kappa shape index (κ1) is 17.9. The van der Waals surface area contributed by atoms with Crippen LogP contribution in [0, 0.1) is 3.57 Å². The minimum atomic E-state index is -0.163. The molecule has 140 valence electrons. The van der Waals surface area contributed by atoms with Crippen molar-refractivity contribution in [1.29, 1.82) is 0 Å². The molecule has 0 atom stereocenters. The van der Waals surface area contributed by atoms with E-state index in [9.17, 15) is 4.79 Å². The summed E-state index contributed by atoms with van der Waals surface area (Å²) in [5.74, 6) is 0.319. The number of oxazole rings is 1. The molecule has 5 aromatic rings. The van der Waals surface area contributed by atoms with Crippen molar-refractivity contribution in [1.82, 2.24) is 4.98 Å². The molecule has 29 heavy (non-hydrogen) atoms. The second-order valence-electron chi connectivity index (χ2n) is 6.63. The normalized spacial score (nSPS) is 11.1. The van der Waals surface area contributed by atoms with Crippen LogP contribution in [-0.4, -0.2) is 10.9 Å². The van der Waals surface area contributed by atoms with Crippen LogP contribution in [0.5, 0.6) is 0 Å². The van der Waals surface area contributed by atoms with Crippen molar-refractivity contribution in [2.75, 3.05) is 5.32 Å². The number of carbonyl (C=O) groups is 1. The second kappa shape index (κ2) is 7.33. The molecule has 1 heterocycles. The second-order valence-corrected chi connectivity index (χ2v) is 7.79. The largest absolute Gasteiger partial charge is 0.436 e. The van der Waals surface area contributed by atoms with Gasteiger partial charge in [0.15, 0.2) is 5.58 Å². The van der Waals surface area contributed by atoms with Crippen molar-refractivity contribution in [2.45, 2.75) is 0 Å². The molecule has 4 aromatic carbocycles. The molecule has 0 radical (unpaired) electrons. The molecule has 0 aliphatic carbocycles. The van der Waals surface area contributed by atoms with Crippen LogP contribution >= 0.6 is 22.6 Å². The van der Waals surface area contributed by atoms with Crippen LogP contribution in [0.15, 0.2) is 89.3 Å². The topological polar surface area (TPSA) is 55.1 Å². The molecular formula is C24H15IN2O2. The standard InChI is InChI=1S/C24H15IN2O2/c25-19-11-5-3-9-17(19)23(28)26-20-12-6-4-10-18(20)24-27-22-16-8-2-1-7-15(16)13-14-21(22)29-24/h1-14H,(H,26,28). The molecule has 1 aromatic heterocycles. The number of para-hydroxylation sites is 1. The predicted octanol–water partition coefficient (Wildman–Crippen LogP) is 6.50. The lowest BCUT2D eigenvalue weighted by atomic mass is 10.1. The van der Waals surface area contributed by atoms with E-state index in [-0.39, 0.29) is 5.91 Å². The molecule has 0 unspecified atom stereocenters. The quantitative estimate of drug-likeness (QED) is 0.294. The van der Waals surface area contributed by atoms with Crippen molar-refractivity contribution < 1.29 is 9.21 Å². The van der Waals surface area contributed by atoms with Crippen molar-refractivity contribution in [3.63, 3.8) is 0 Å². The molecule has 0 aliphatic rings. The number of hydrogen-bond acceptors (Lipinski definition) is 3. The number of nitrogens with one attached hydrogen (secondary N) is 1. The molecular weight excluding hydrogens is 475 g/mol. The Hall–Kier alpha value is -3.19. The number of carbonyl (C=O) groups excluding carboxylic acids is 1. The molecule has 1 N–H and O–H groups in total. The van der Waals surface area contributed by atoms with Gasteiger partial charge in [0, 0.05) is 8.96 Å². The minimum absolute atomic E-state index is 0.163. The minimum Gasteiger partial charge on any atom is -0.436 e. The molecule has 0 fully saturated rings. The van der Waals surface area contributed by atoms with Crippen molar-refractivity contribution in [3.8, 4) is 11.5 Å². The van der Waals surface area contributed by atoms with Crippen LogP contribution < -0.4 is 5.32 Å². The first-order chi connectivity index (χ1) is 14.2. The van der Waals surface area contributed by atoms with E-state index in [4.69, 9.17) is 9.40 Å². The Bertz CT molecular complexity index is 1370. The molecule has 0 aliphatic heterocycles. The maximum Gasteiger partial charge on any atom is 0.256 e. The molecule has 5 rings (SSSR count). The highest BCUT2D eigenvalue weighted by Crippen LogP contribution is 2.33. The fourth-order valence-electron chi connectivity index (χ4n) is 3.39. The number of anilines is 1. The van der Waals surface area contributed by atoms with Gasteiger partial charge in [0.1, 0.15) is 5.52 Å². The van der Waals surface area contributed by atoms with Crippen LogP contribution in [0.2, 0.25) is 0 Å². The van der Waals surface area contributed by atoms with E-state index in [2.05, 4.69) is 34.0 Å². The van der Waals surface area contributed by atoms with Crippen molar-refractivity contribution in [3.05, 3.63) is 94.1 Å². The number of halogens is 1. The van der Waals surface area contributed by atoms with E-state index in [0.717, 1.165) is 31.0 Å². The zero-order valence-electron chi connectivity index (χ0n) is 15.2. The smallest absolute Gasteiger partial charge is 0.256 e. The van der Waals surface area contributed by atoms with Crippen molar-refractivity contribution in [2.24, 2.45) is 0 Å². The highest BCUT2D eigenvalue weighted by atomic mass is 127. The zero-order valence-corrected chi connectivity index (χ0v) is 17.4. The first-order valence-corrected chi connectivity index (χ1v) is 10.2. The Morgan fingerprint density at radius 3 is 2.52 bits per heavy atom. The summed E-state index contributed by atoms with van der Waals surface area (Å²) in [7, 11) is 0. The lowest BCUT2D eigenvalue weighted by molar-refractivity contribution is 0.102. The lowest BCUT2D eigenvalue weighted by Gasteiger charge is -2.09. The highest BCUT2D eigenvalue weighted by molar-refractivity contribution is 14.1. The first-order valence-electron chi connectivity index (χ1n) is 9.14. The molecule has 1 amide bonds. The summed E-state index contributed by atoms with van der Waals surface area (Å²) in [4.78, 5) is 17.5. The average molecular weight is 490 g/mol. The molecule has 0 bridgehead atoms. The van der Waals surface area contributed by atoms with E-state index < -0.39 is 0 Å². The van der Waals surface area contributed by atoms with Gasteiger partial charge < -0.3 is 9.73 Å². The maximum absolute atomic E-state index is 12.8. The summed E-state index contributed by atoms with van der Waals surface area (Å²) in [6, 6.07) is 27.1. The van der Waals surface area contributed by atoms with Gasteiger partial charge in [0.25, 0.3) is 5.91 Å². The van der Waals surface area contributed by atoms with E-state index in [1.807, 2.05) is 78.9 Å². The van der Waals surface area contributed by atoms with Gasteiger partial charge in [0.05, 0.1) is 16.8 Å². The van der Waals surface area contributed by atoms with Crippen LogP contribution in [0.4, 0.5) is 5.69 Å². The Kier molecular flexibility index (Phi) is 4.52. The van der Waals surface area contributed by atoms with Crippen LogP contribution in [0.1, 0.15) is 10.4 Å². The summed E-state index contributed by atoms with van der Waals surface area (Å²) >= 11 is 2.16. The monoisotopic (exact) mass is 490 g/mol. The van der Waals surface area contributed by atoms with Crippen LogP contribution in [0.25, 0.3) is 33.3 Å². The predicted molar refractivity (Wildman–Crippen MR) is 124 cm³/mol. The fourth-order valence-corrected chi connectivity index (χ4v) is 4.02. The number of fused-ring (bicyclic) bond motifs is 3. The summed E-state index contributed by atoms with van der Waals surface area (Å²) < 4.78 is 6.95. The number of benzene rings is 4. The number of hydrogen-bond donors (Lipinski definition) is 1. The number of aromatic nitrogens is 1. The Labute approximate surface area is 180 Å². The van der Waals surface area contributed by atoms with Gasteiger partial charge in [-0.15, -0.1) is 0 Å². The Morgan fingerprint density at radius 2 is 1.62 bits per heavy atom. The Balaban J connectivity index is 1.58. The fraction of sp³-hybridized carbons (Fsp3) is 0. The molecule has 0 saturated carbocycles. The zero-order chi connectivity index (χ0) is 19.8. The molecule has 5 heteroatoms. The van der Waals surface area contributed by atoms with E-state index in [1.165, 1.54) is 0 Å². The summed E-state index contributed by atoms with van der Waals surface area (Å²) in [5, 5.41) is 5.16. The Morgan fingerprint density at radius 1 is 0.862 bits per heavy atom. The molecule has 0 saturated heterocycles. The van der Waals surface area contributed by atoms with Crippen molar-refractivity contribution >= 4 is 56.1 Å². The van der Waals surface area contributed by atoms with Gasteiger partial charge >= 0.3 is 0 Å². The van der Waals surface area contributed by atoms with Gasteiger partial charge in [-0.2, -0.15) is 0 Å². The average Bonchev–Trinajstić information content (AvgIpc) is 3.19. The third-order valence-electron chi connectivity index (χ3n) is 4.81. The van der Waals surface area contributed by atoms with Gasteiger partial charge in [-0.3, -0.25) is 4.79 Å². The van der Waals surface area contributed by atoms with Gasteiger partial charge in [-0.25, -0.2) is 4.98 Å². The van der Waals surface area contributed by atoms with Crippen LogP contribution in [-0.2, 0) is 0 Å². The maximum atomic E-state index is 12.8. The number of amides is 1. The molecule has 0 spiro atoms. The number of nitrogens with zero attached hydrogens (tertiary/aromatic N) is 1. The third-order valence-corrected chi connectivity index (χ3v) is 5.75. The summed E-state index contributed by atoms with van der Waals surface area (Å²) in [5.41, 5.74) is 3.57.